The number of hydrogen-bond acceptors (Lipinski definition) is 2. The Morgan fingerprint density at radius 1 is 1.50 bits per heavy atom. The summed E-state index contributed by atoms with van der Waals surface area (Å²) in [5, 5.41) is 9.87. The number of rotatable bonds is 4. The quantitative estimate of drug-likeness (QED) is 0.420. The number of carbonyl (C=O) groups is 1. The minimum absolute atomic E-state index is 0. The third-order valence-electron chi connectivity index (χ3n) is 1.16. The van der Waals surface area contributed by atoms with Crippen molar-refractivity contribution in [2.24, 2.45) is 5.92 Å². The molecular formula is C7H13NaO2. The molecule has 0 unspecified atom stereocenters. The first kappa shape index (κ1) is 13.1. The zero-order valence-corrected chi connectivity index (χ0v) is 9.02. The van der Waals surface area contributed by atoms with Crippen molar-refractivity contribution in [1.82, 2.24) is 0 Å². The van der Waals surface area contributed by atoms with Crippen LogP contribution >= 0.6 is 0 Å². The second kappa shape index (κ2) is 7.58. The van der Waals surface area contributed by atoms with Gasteiger partial charge in [0, 0.05) is 5.97 Å². The van der Waals surface area contributed by atoms with Gasteiger partial charge in [0.05, 0.1) is 0 Å². The van der Waals surface area contributed by atoms with Crippen LogP contribution in [0, 0.1) is 5.92 Å². The average Bonchev–Trinajstić information content (AvgIpc) is 1.63. The Labute approximate surface area is 84.3 Å². The maximum Gasteiger partial charge on any atom is 1.00 e. The maximum atomic E-state index is 9.87. The van der Waals surface area contributed by atoms with Crippen molar-refractivity contribution < 1.29 is 39.5 Å². The van der Waals surface area contributed by atoms with Crippen molar-refractivity contribution in [3.05, 3.63) is 0 Å². The second-order valence-corrected chi connectivity index (χ2v) is 2.66. The third-order valence-corrected chi connectivity index (χ3v) is 1.16. The summed E-state index contributed by atoms with van der Waals surface area (Å²) in [4.78, 5) is 9.87. The number of carboxylic acid groups (broad SMARTS) is 1. The molecule has 54 valence electrons. The summed E-state index contributed by atoms with van der Waals surface area (Å²) in [5.41, 5.74) is 0. The molecule has 0 heterocycles. The Kier molecular flexibility index (Phi) is 9.92. The van der Waals surface area contributed by atoms with E-state index in [2.05, 4.69) is 13.8 Å². The van der Waals surface area contributed by atoms with Crippen LogP contribution in [-0.4, -0.2) is 5.97 Å². The van der Waals surface area contributed by atoms with Crippen LogP contribution in [0.25, 0.3) is 0 Å². The fourth-order valence-electron chi connectivity index (χ4n) is 0.655. The Bertz CT molecular complexity index is 91.6. The first-order chi connectivity index (χ1) is 4.13. The van der Waals surface area contributed by atoms with Crippen molar-refractivity contribution in [3.8, 4) is 0 Å². The van der Waals surface area contributed by atoms with Crippen molar-refractivity contribution in [3.63, 3.8) is 0 Å². The summed E-state index contributed by atoms with van der Waals surface area (Å²) < 4.78 is 0. The van der Waals surface area contributed by atoms with Gasteiger partial charge in [-0.1, -0.05) is 20.3 Å². The molecule has 0 rings (SSSR count). The van der Waals surface area contributed by atoms with Crippen LogP contribution < -0.4 is 34.7 Å². The number of hydrogen-bond donors (Lipinski definition) is 0. The number of carbonyl (C=O) groups excluding carboxylic acids is 1. The Morgan fingerprint density at radius 2 is 2.00 bits per heavy atom. The van der Waals surface area contributed by atoms with E-state index in [1.54, 1.807) is 0 Å². The van der Waals surface area contributed by atoms with E-state index in [4.69, 9.17) is 0 Å². The van der Waals surface area contributed by atoms with Gasteiger partial charge in [-0.25, -0.2) is 0 Å². The van der Waals surface area contributed by atoms with E-state index in [0.29, 0.717) is 5.92 Å². The molecule has 0 fully saturated rings. The number of aliphatic carboxylic acids is 1. The molecule has 0 spiro atoms. The van der Waals surface area contributed by atoms with Gasteiger partial charge in [-0.3, -0.25) is 0 Å². The molecule has 3 heteroatoms. The van der Waals surface area contributed by atoms with E-state index in [-0.39, 0.29) is 36.0 Å². The molecule has 0 saturated carbocycles. The van der Waals surface area contributed by atoms with Crippen molar-refractivity contribution in [1.29, 1.82) is 0 Å². The van der Waals surface area contributed by atoms with Gasteiger partial charge in [-0.2, -0.15) is 0 Å². The second-order valence-electron chi connectivity index (χ2n) is 2.66. The minimum Gasteiger partial charge on any atom is -0.550 e. The normalized spacial score (nSPS) is 9.10. The fourth-order valence-corrected chi connectivity index (χ4v) is 0.655. The van der Waals surface area contributed by atoms with Gasteiger partial charge in [0.1, 0.15) is 0 Å². The van der Waals surface area contributed by atoms with Crippen molar-refractivity contribution in [2.45, 2.75) is 33.1 Å². The molecule has 0 saturated heterocycles. The molecule has 0 atom stereocenters. The van der Waals surface area contributed by atoms with Gasteiger partial charge >= 0.3 is 29.6 Å². The number of carboxylic acids is 1. The predicted molar refractivity (Wildman–Crippen MR) is 33.7 cm³/mol. The van der Waals surface area contributed by atoms with E-state index in [9.17, 15) is 9.90 Å². The summed E-state index contributed by atoms with van der Waals surface area (Å²) >= 11 is 0. The van der Waals surface area contributed by atoms with E-state index in [1.807, 2.05) is 0 Å². The van der Waals surface area contributed by atoms with Gasteiger partial charge in [0.25, 0.3) is 0 Å². The van der Waals surface area contributed by atoms with Crippen molar-refractivity contribution >= 4 is 5.97 Å². The molecule has 2 nitrogen and oxygen atoms in total. The molecule has 0 radical (unpaired) electrons. The van der Waals surface area contributed by atoms with Crippen LogP contribution in [0.2, 0.25) is 0 Å². The van der Waals surface area contributed by atoms with Crippen molar-refractivity contribution in [2.75, 3.05) is 0 Å². The molecule has 0 N–H and O–H groups in total. The predicted octanol–water partition coefficient (Wildman–Crippen LogP) is -2.43. The standard InChI is InChI=1S/C7H14O2.Na/c1-6(2)4-3-5-7(8)9;/h6H,3-5H2,1-2H3,(H,8,9);/q;+1/p-1. The molecule has 0 amide bonds. The summed E-state index contributed by atoms with van der Waals surface area (Å²) in [7, 11) is 0. The first-order valence-corrected chi connectivity index (χ1v) is 3.32. The first-order valence-electron chi connectivity index (χ1n) is 3.32. The largest absolute Gasteiger partial charge is 1.00 e. The summed E-state index contributed by atoms with van der Waals surface area (Å²) in [5.74, 6) is -0.333. The van der Waals surface area contributed by atoms with Gasteiger partial charge in [-0.15, -0.1) is 0 Å². The van der Waals surface area contributed by atoms with Crippen LogP contribution in [0.5, 0.6) is 0 Å². The topological polar surface area (TPSA) is 40.1 Å². The molecule has 0 aliphatic rings. The van der Waals surface area contributed by atoms with E-state index in [0.717, 1.165) is 12.8 Å². The zero-order chi connectivity index (χ0) is 7.28. The summed E-state index contributed by atoms with van der Waals surface area (Å²) in [6.45, 7) is 4.16. The molecule has 0 bridgehead atoms. The van der Waals surface area contributed by atoms with Gasteiger partial charge in [-0.05, 0) is 18.8 Å². The molecule has 0 aromatic heterocycles. The minimum atomic E-state index is -0.935. The molecule has 0 aliphatic heterocycles. The SMILES string of the molecule is CC(C)CCCC(=O)[O-].[Na+]. The maximum absolute atomic E-state index is 9.87. The Morgan fingerprint density at radius 3 is 2.30 bits per heavy atom. The molecule has 0 aromatic rings. The van der Waals surface area contributed by atoms with Crippen LogP contribution in [0.15, 0.2) is 0 Å². The Balaban J connectivity index is 0. The van der Waals surface area contributed by atoms with Crippen LogP contribution in [-0.2, 0) is 4.79 Å². The molecule has 0 aliphatic carbocycles. The van der Waals surface area contributed by atoms with Gasteiger partial charge in [0.2, 0.25) is 0 Å². The van der Waals surface area contributed by atoms with Gasteiger partial charge < -0.3 is 9.90 Å². The van der Waals surface area contributed by atoms with Crippen LogP contribution in [0.1, 0.15) is 33.1 Å². The zero-order valence-electron chi connectivity index (χ0n) is 7.02. The van der Waals surface area contributed by atoms with E-state index < -0.39 is 5.97 Å². The van der Waals surface area contributed by atoms with Crippen LogP contribution in [0.3, 0.4) is 0 Å². The fraction of sp³-hybridized carbons (Fsp3) is 0.857. The summed E-state index contributed by atoms with van der Waals surface area (Å²) in [6, 6.07) is 0. The average molecular weight is 152 g/mol. The molecule has 0 aromatic carbocycles. The van der Waals surface area contributed by atoms with E-state index in [1.165, 1.54) is 0 Å². The van der Waals surface area contributed by atoms with E-state index >= 15 is 0 Å². The summed E-state index contributed by atoms with van der Waals surface area (Å²) in [6.07, 6.45) is 1.94. The monoisotopic (exact) mass is 152 g/mol. The smallest absolute Gasteiger partial charge is 0.550 e. The molecule has 10 heavy (non-hydrogen) atoms. The third kappa shape index (κ3) is 11.3. The molecular weight excluding hydrogens is 139 g/mol. The van der Waals surface area contributed by atoms with Gasteiger partial charge in [0.15, 0.2) is 0 Å². The Hall–Kier alpha value is 0.470. The van der Waals surface area contributed by atoms with Crippen LogP contribution in [0.4, 0.5) is 0 Å².